The predicted octanol–water partition coefficient (Wildman–Crippen LogP) is 2.32. The van der Waals surface area contributed by atoms with Crippen LogP contribution >= 0.6 is 11.3 Å². The van der Waals surface area contributed by atoms with Crippen molar-refractivity contribution < 1.29 is 13.5 Å². The summed E-state index contributed by atoms with van der Waals surface area (Å²) in [5, 5.41) is 22.6. The van der Waals surface area contributed by atoms with Gasteiger partial charge in [-0.1, -0.05) is 0 Å². The molecule has 2 heterocycles. The summed E-state index contributed by atoms with van der Waals surface area (Å²) in [4.78, 5) is 0.226. The topological polar surface area (TPSA) is 81.4 Å². The summed E-state index contributed by atoms with van der Waals surface area (Å²) in [6.07, 6.45) is 0. The minimum atomic E-state index is -3.65. The molecule has 2 aromatic rings. The van der Waals surface area contributed by atoms with E-state index < -0.39 is 10.0 Å². The maximum absolute atomic E-state index is 13.0. The van der Waals surface area contributed by atoms with Crippen molar-refractivity contribution in [1.82, 2.24) is 4.31 Å². The predicted molar refractivity (Wildman–Crippen MR) is 92.3 cm³/mol. The maximum Gasteiger partial charge on any atom is 0.243 e. The van der Waals surface area contributed by atoms with Crippen molar-refractivity contribution in [3.05, 3.63) is 51.7 Å². The summed E-state index contributed by atoms with van der Waals surface area (Å²) in [6, 6.07) is 8.61. The number of benzene rings is 1. The van der Waals surface area contributed by atoms with Gasteiger partial charge in [-0.15, -0.1) is 0 Å². The van der Waals surface area contributed by atoms with Gasteiger partial charge in [0.2, 0.25) is 10.0 Å². The molecule has 2 unspecified atom stereocenters. The molecule has 0 amide bonds. The number of aryl methyl sites for hydroxylation is 1. The van der Waals surface area contributed by atoms with Gasteiger partial charge in [0.05, 0.1) is 16.5 Å². The van der Waals surface area contributed by atoms with Crippen LogP contribution < -0.4 is 0 Å². The number of hydrogen-bond donors (Lipinski definition) is 1. The Kier molecular flexibility index (Phi) is 4.74. The van der Waals surface area contributed by atoms with Gasteiger partial charge in [0.1, 0.15) is 0 Å². The molecule has 1 saturated heterocycles. The van der Waals surface area contributed by atoms with Crippen LogP contribution in [0.15, 0.2) is 39.9 Å². The van der Waals surface area contributed by atoms with Crippen molar-refractivity contribution in [3.63, 3.8) is 0 Å². The Hall–Kier alpha value is -1.72. The zero-order chi connectivity index (χ0) is 17.3. The largest absolute Gasteiger partial charge is 0.396 e. The van der Waals surface area contributed by atoms with Crippen LogP contribution in [0.25, 0.3) is 0 Å². The molecule has 2 atom stereocenters. The first-order valence-corrected chi connectivity index (χ1v) is 9.99. The summed E-state index contributed by atoms with van der Waals surface area (Å²) >= 11 is 1.57. The average Bonchev–Trinajstić information content (AvgIpc) is 3.23. The third-order valence-corrected chi connectivity index (χ3v) is 7.23. The normalized spacial score (nSPS) is 21.7. The monoisotopic (exact) mass is 362 g/mol. The fourth-order valence-corrected chi connectivity index (χ4v) is 5.68. The summed E-state index contributed by atoms with van der Waals surface area (Å²) in [7, 11) is -3.65. The summed E-state index contributed by atoms with van der Waals surface area (Å²) in [5.74, 6) is -0.0947. The molecular weight excluding hydrogens is 344 g/mol. The molecule has 0 radical (unpaired) electrons. The van der Waals surface area contributed by atoms with Crippen molar-refractivity contribution in [2.75, 3.05) is 19.7 Å². The Morgan fingerprint density at radius 3 is 2.75 bits per heavy atom. The van der Waals surface area contributed by atoms with E-state index in [1.807, 2.05) is 22.9 Å². The van der Waals surface area contributed by atoms with Gasteiger partial charge in [0, 0.05) is 31.5 Å². The lowest BCUT2D eigenvalue weighted by atomic mass is 9.92. The van der Waals surface area contributed by atoms with E-state index >= 15 is 0 Å². The number of nitrogens with zero attached hydrogens (tertiary/aromatic N) is 2. The van der Waals surface area contributed by atoms with Crippen LogP contribution in [0.2, 0.25) is 0 Å². The summed E-state index contributed by atoms with van der Waals surface area (Å²) in [5.41, 5.74) is 2.08. The highest BCUT2D eigenvalue weighted by Crippen LogP contribution is 2.36. The molecule has 1 aliphatic heterocycles. The van der Waals surface area contributed by atoms with E-state index in [0.29, 0.717) is 24.2 Å². The molecule has 1 aromatic heterocycles. The van der Waals surface area contributed by atoms with E-state index in [-0.39, 0.29) is 23.3 Å². The molecule has 24 heavy (non-hydrogen) atoms. The Balaban J connectivity index is 1.92. The van der Waals surface area contributed by atoms with Gasteiger partial charge in [-0.05, 0) is 53.1 Å². The number of hydrogen-bond acceptors (Lipinski definition) is 5. The minimum absolute atomic E-state index is 0.00899. The molecule has 3 rings (SSSR count). The van der Waals surface area contributed by atoms with Crippen molar-refractivity contribution >= 4 is 21.4 Å². The van der Waals surface area contributed by atoms with Crippen LogP contribution in [0, 0.1) is 24.2 Å². The highest BCUT2D eigenvalue weighted by molar-refractivity contribution is 7.89. The second kappa shape index (κ2) is 6.65. The third kappa shape index (κ3) is 2.98. The molecule has 1 aromatic carbocycles. The van der Waals surface area contributed by atoms with Crippen LogP contribution in [-0.4, -0.2) is 37.5 Å². The molecule has 1 aliphatic rings. The molecule has 5 nitrogen and oxygen atoms in total. The molecule has 1 fully saturated rings. The van der Waals surface area contributed by atoms with Crippen LogP contribution in [0.1, 0.15) is 22.6 Å². The minimum Gasteiger partial charge on any atom is -0.396 e. The Morgan fingerprint density at radius 2 is 2.17 bits per heavy atom. The molecule has 0 spiro atoms. The van der Waals surface area contributed by atoms with Gasteiger partial charge in [-0.25, -0.2) is 8.42 Å². The van der Waals surface area contributed by atoms with Crippen LogP contribution in [0.3, 0.4) is 0 Å². The highest BCUT2D eigenvalue weighted by Gasteiger charge is 2.40. The van der Waals surface area contributed by atoms with Crippen molar-refractivity contribution in [3.8, 4) is 6.07 Å². The van der Waals surface area contributed by atoms with Crippen molar-refractivity contribution in [2.24, 2.45) is 5.92 Å². The van der Waals surface area contributed by atoms with Gasteiger partial charge in [0.25, 0.3) is 0 Å². The summed E-state index contributed by atoms with van der Waals surface area (Å²) < 4.78 is 27.4. The first kappa shape index (κ1) is 17.1. The zero-order valence-electron chi connectivity index (χ0n) is 13.2. The maximum atomic E-state index is 13.0. The molecule has 126 valence electrons. The second-order valence-corrected chi connectivity index (χ2v) is 8.71. The van der Waals surface area contributed by atoms with Crippen LogP contribution in [0.4, 0.5) is 0 Å². The number of aliphatic hydroxyl groups is 1. The zero-order valence-corrected chi connectivity index (χ0v) is 14.8. The van der Waals surface area contributed by atoms with E-state index in [0.717, 1.165) is 5.56 Å². The van der Waals surface area contributed by atoms with E-state index in [9.17, 15) is 13.5 Å². The molecule has 0 aliphatic carbocycles. The molecule has 0 saturated carbocycles. The number of sulfonamides is 1. The van der Waals surface area contributed by atoms with Gasteiger partial charge < -0.3 is 5.11 Å². The number of nitriles is 1. The lowest BCUT2D eigenvalue weighted by molar-refractivity contribution is 0.223. The van der Waals surface area contributed by atoms with Crippen LogP contribution in [-0.2, 0) is 10.0 Å². The average molecular weight is 362 g/mol. The molecule has 7 heteroatoms. The van der Waals surface area contributed by atoms with E-state index in [2.05, 4.69) is 0 Å². The molecule has 1 N–H and O–H groups in total. The lowest BCUT2D eigenvalue weighted by Gasteiger charge is -2.18. The van der Waals surface area contributed by atoms with E-state index in [1.54, 1.807) is 24.3 Å². The third-order valence-electron chi connectivity index (χ3n) is 4.54. The SMILES string of the molecule is Cc1cc(C#N)ccc1S(=O)(=O)N1CC(CO)C(c2ccsc2)C1. The Bertz CT molecular complexity index is 870. The fourth-order valence-electron chi connectivity index (χ4n) is 3.22. The molecule has 0 bridgehead atoms. The van der Waals surface area contributed by atoms with E-state index in [4.69, 9.17) is 5.26 Å². The lowest BCUT2D eigenvalue weighted by Crippen LogP contribution is -2.30. The van der Waals surface area contributed by atoms with Gasteiger partial charge in [-0.2, -0.15) is 20.9 Å². The highest BCUT2D eigenvalue weighted by atomic mass is 32.2. The quantitative estimate of drug-likeness (QED) is 0.905. The Labute approximate surface area is 145 Å². The fraction of sp³-hybridized carbons (Fsp3) is 0.353. The van der Waals surface area contributed by atoms with Crippen molar-refractivity contribution in [1.29, 1.82) is 5.26 Å². The molecular formula is C17H18N2O3S2. The number of aliphatic hydroxyl groups excluding tert-OH is 1. The van der Waals surface area contributed by atoms with Crippen LogP contribution in [0.5, 0.6) is 0 Å². The Morgan fingerprint density at radius 1 is 1.38 bits per heavy atom. The number of rotatable bonds is 4. The summed E-state index contributed by atoms with van der Waals surface area (Å²) in [6.45, 7) is 2.32. The van der Waals surface area contributed by atoms with Gasteiger partial charge in [0.15, 0.2) is 0 Å². The first-order valence-electron chi connectivity index (χ1n) is 7.61. The standard InChI is InChI=1S/C17H18N2O3S2/c1-12-6-13(7-18)2-3-17(12)24(21,22)19-8-15(10-20)16(9-19)14-4-5-23-11-14/h2-6,11,15-16,20H,8-10H2,1H3. The van der Waals surface area contributed by atoms with Gasteiger partial charge in [-0.3, -0.25) is 0 Å². The van der Waals surface area contributed by atoms with Gasteiger partial charge >= 0.3 is 0 Å². The van der Waals surface area contributed by atoms with Crippen molar-refractivity contribution in [2.45, 2.75) is 17.7 Å². The smallest absolute Gasteiger partial charge is 0.243 e. The first-order chi connectivity index (χ1) is 11.5. The number of thiophene rings is 1. The second-order valence-electron chi connectivity index (χ2n) is 6.02. The van der Waals surface area contributed by atoms with E-state index in [1.165, 1.54) is 16.4 Å².